The molecule has 1 saturated heterocycles. The number of nitrogens with two attached hydrogens (primary N) is 1. The molecule has 1 aliphatic heterocycles. The van der Waals surface area contributed by atoms with E-state index in [2.05, 4.69) is 17.0 Å². The molecule has 0 saturated carbocycles. The number of halogens is 1. The third kappa shape index (κ3) is 3.13. The Balaban J connectivity index is 1.80. The van der Waals surface area contributed by atoms with E-state index >= 15 is 0 Å². The molecule has 0 atom stereocenters. The van der Waals surface area contributed by atoms with E-state index < -0.39 is 0 Å². The van der Waals surface area contributed by atoms with Crippen LogP contribution in [-0.4, -0.2) is 24.0 Å². The monoisotopic (exact) mass is 365 g/mol. The summed E-state index contributed by atoms with van der Waals surface area (Å²) in [6.45, 7) is 1.60. The number of fused-ring (bicyclic) bond motifs is 1. The number of nitrogens with zero attached hydrogens (tertiary/aromatic N) is 2. The van der Waals surface area contributed by atoms with E-state index in [4.69, 9.17) is 22.3 Å². The number of amides is 1. The van der Waals surface area contributed by atoms with E-state index in [1.165, 1.54) is 0 Å². The highest BCUT2D eigenvalue weighted by atomic mass is 35.5. The Labute approximate surface area is 157 Å². The first kappa shape index (κ1) is 16.9. The van der Waals surface area contributed by atoms with Crippen molar-refractivity contribution >= 4 is 34.1 Å². The minimum atomic E-state index is -0.197. The number of rotatable bonds is 3. The van der Waals surface area contributed by atoms with Gasteiger partial charge in [0.2, 0.25) is 5.91 Å². The van der Waals surface area contributed by atoms with E-state index in [1.807, 2.05) is 42.5 Å². The number of carbonyl (C=O) groups excluding carboxylic acids is 1. The van der Waals surface area contributed by atoms with Gasteiger partial charge in [0.1, 0.15) is 0 Å². The zero-order valence-electron chi connectivity index (χ0n) is 14.4. The molecule has 2 N–H and O–H groups in total. The molecule has 0 aliphatic carbocycles. The van der Waals surface area contributed by atoms with E-state index in [1.54, 1.807) is 0 Å². The minimum absolute atomic E-state index is 0.0310. The molecule has 0 bridgehead atoms. The summed E-state index contributed by atoms with van der Waals surface area (Å²) in [5.41, 5.74) is 9.35. The van der Waals surface area contributed by atoms with Crippen LogP contribution in [0.4, 0.5) is 5.69 Å². The van der Waals surface area contributed by atoms with Crippen LogP contribution in [0.5, 0.6) is 0 Å². The second kappa shape index (κ2) is 6.96. The number of carbonyl (C=O) groups is 1. The lowest BCUT2D eigenvalue weighted by atomic mass is 9.95. The first-order valence-corrected chi connectivity index (χ1v) is 9.20. The number of hydrogen-bond donors (Lipinski definition) is 1. The summed E-state index contributed by atoms with van der Waals surface area (Å²) in [7, 11) is 0. The van der Waals surface area contributed by atoms with Crippen LogP contribution in [0.3, 0.4) is 0 Å². The summed E-state index contributed by atoms with van der Waals surface area (Å²) < 4.78 is 0. The first-order chi connectivity index (χ1) is 12.6. The number of hydrogen-bond acceptors (Lipinski definition) is 3. The number of piperidine rings is 1. The smallest absolute Gasteiger partial charge is 0.220 e. The Bertz CT molecular complexity index is 950. The number of anilines is 1. The molecular formula is C21H20ClN3O. The fourth-order valence-electron chi connectivity index (χ4n) is 3.62. The third-order valence-electron chi connectivity index (χ3n) is 5.08. The van der Waals surface area contributed by atoms with E-state index in [-0.39, 0.29) is 11.8 Å². The van der Waals surface area contributed by atoms with E-state index in [0.717, 1.165) is 53.8 Å². The predicted molar refractivity (Wildman–Crippen MR) is 106 cm³/mol. The van der Waals surface area contributed by atoms with Crippen molar-refractivity contribution in [2.24, 2.45) is 11.7 Å². The van der Waals surface area contributed by atoms with Crippen molar-refractivity contribution in [2.75, 3.05) is 18.0 Å². The maximum absolute atomic E-state index is 11.5. The quantitative estimate of drug-likeness (QED) is 0.754. The molecule has 3 aromatic rings. The van der Waals surface area contributed by atoms with Gasteiger partial charge in [-0.15, -0.1) is 0 Å². The normalized spacial score (nSPS) is 15.3. The van der Waals surface area contributed by atoms with Crippen LogP contribution < -0.4 is 10.6 Å². The average Bonchev–Trinajstić information content (AvgIpc) is 2.68. The van der Waals surface area contributed by atoms with Gasteiger partial charge >= 0.3 is 0 Å². The maximum Gasteiger partial charge on any atom is 0.220 e. The van der Waals surface area contributed by atoms with Crippen LogP contribution in [0.15, 0.2) is 54.6 Å². The lowest BCUT2D eigenvalue weighted by Gasteiger charge is -2.33. The summed E-state index contributed by atoms with van der Waals surface area (Å²) in [6, 6.07) is 18.1. The van der Waals surface area contributed by atoms with Crippen molar-refractivity contribution < 1.29 is 4.79 Å². The van der Waals surface area contributed by atoms with Crippen LogP contribution in [0, 0.1) is 5.92 Å². The minimum Gasteiger partial charge on any atom is -0.371 e. The van der Waals surface area contributed by atoms with E-state index in [9.17, 15) is 4.79 Å². The molecule has 1 fully saturated rings. The Morgan fingerprint density at radius 3 is 2.50 bits per heavy atom. The van der Waals surface area contributed by atoms with Gasteiger partial charge in [0.05, 0.1) is 16.2 Å². The van der Waals surface area contributed by atoms with Crippen molar-refractivity contribution in [3.05, 3.63) is 59.6 Å². The Morgan fingerprint density at radius 2 is 1.81 bits per heavy atom. The zero-order valence-corrected chi connectivity index (χ0v) is 15.1. The van der Waals surface area contributed by atoms with E-state index in [0.29, 0.717) is 5.02 Å². The Morgan fingerprint density at radius 1 is 1.08 bits per heavy atom. The summed E-state index contributed by atoms with van der Waals surface area (Å²) in [4.78, 5) is 18.6. The Hall–Kier alpha value is -2.59. The van der Waals surface area contributed by atoms with Crippen LogP contribution in [0.1, 0.15) is 12.8 Å². The highest BCUT2D eigenvalue weighted by Crippen LogP contribution is 2.35. The number of para-hydroxylation sites is 1. The fourth-order valence-corrected chi connectivity index (χ4v) is 3.84. The largest absolute Gasteiger partial charge is 0.371 e. The van der Waals surface area contributed by atoms with Crippen molar-refractivity contribution in [2.45, 2.75) is 12.8 Å². The Kier molecular flexibility index (Phi) is 4.51. The van der Waals surface area contributed by atoms with Gasteiger partial charge in [0.25, 0.3) is 0 Å². The average molecular weight is 366 g/mol. The highest BCUT2D eigenvalue weighted by Gasteiger charge is 2.25. The van der Waals surface area contributed by atoms with Gasteiger partial charge in [0.15, 0.2) is 0 Å². The molecule has 26 heavy (non-hydrogen) atoms. The fraction of sp³-hybridized carbons (Fsp3) is 0.238. The molecule has 2 aromatic carbocycles. The number of aromatic nitrogens is 1. The van der Waals surface area contributed by atoms with Crippen molar-refractivity contribution in [1.29, 1.82) is 0 Å². The van der Waals surface area contributed by atoms with Crippen LogP contribution in [0.2, 0.25) is 5.02 Å². The van der Waals surface area contributed by atoms with Gasteiger partial charge in [-0.25, -0.2) is 4.98 Å². The molecule has 0 unspecified atom stereocenters. The zero-order chi connectivity index (χ0) is 18.1. The summed E-state index contributed by atoms with van der Waals surface area (Å²) in [5, 5.41) is 1.68. The van der Waals surface area contributed by atoms with Gasteiger partial charge in [0, 0.05) is 35.6 Å². The highest BCUT2D eigenvalue weighted by molar-refractivity contribution is 6.35. The molecule has 1 amide bonds. The van der Waals surface area contributed by atoms with Crippen LogP contribution in [-0.2, 0) is 4.79 Å². The van der Waals surface area contributed by atoms with Crippen LogP contribution in [0.25, 0.3) is 22.2 Å². The predicted octanol–water partition coefficient (Wildman–Crippen LogP) is 4.26. The van der Waals surface area contributed by atoms with Gasteiger partial charge in [-0.05, 0) is 25.0 Å². The molecule has 4 rings (SSSR count). The van der Waals surface area contributed by atoms with Gasteiger partial charge in [-0.3, -0.25) is 4.79 Å². The van der Waals surface area contributed by atoms with Crippen LogP contribution >= 0.6 is 11.6 Å². The molecule has 2 heterocycles. The molecule has 0 spiro atoms. The second-order valence-electron chi connectivity index (χ2n) is 6.69. The van der Waals surface area contributed by atoms with Crippen molar-refractivity contribution in [1.82, 2.24) is 4.98 Å². The summed E-state index contributed by atoms with van der Waals surface area (Å²) >= 11 is 6.45. The molecule has 5 heteroatoms. The number of primary amides is 1. The molecule has 1 aliphatic rings. The molecule has 132 valence electrons. The lowest BCUT2D eigenvalue weighted by molar-refractivity contribution is -0.122. The second-order valence-corrected chi connectivity index (χ2v) is 7.10. The number of benzene rings is 2. The topological polar surface area (TPSA) is 59.2 Å². The van der Waals surface area contributed by atoms with Gasteiger partial charge in [-0.1, -0.05) is 54.1 Å². The molecule has 0 radical (unpaired) electrons. The molecular weight excluding hydrogens is 346 g/mol. The first-order valence-electron chi connectivity index (χ1n) is 8.82. The number of pyridine rings is 1. The van der Waals surface area contributed by atoms with Gasteiger partial charge in [-0.2, -0.15) is 0 Å². The van der Waals surface area contributed by atoms with Gasteiger partial charge < -0.3 is 10.6 Å². The van der Waals surface area contributed by atoms with Crippen molar-refractivity contribution in [3.63, 3.8) is 0 Å². The van der Waals surface area contributed by atoms with Crippen molar-refractivity contribution in [3.8, 4) is 11.3 Å². The lowest BCUT2D eigenvalue weighted by Crippen LogP contribution is -2.38. The molecule has 4 nitrogen and oxygen atoms in total. The standard InChI is InChI=1S/C21H20ClN3O/c22-17-8-4-7-16-19(25-11-9-15(10-12-25)21(23)26)13-18(24-20(16)17)14-5-2-1-3-6-14/h1-8,13,15H,9-12H2,(H2,23,26). The molecule has 1 aromatic heterocycles. The summed E-state index contributed by atoms with van der Waals surface area (Å²) in [6.07, 6.45) is 1.56. The maximum atomic E-state index is 11.5. The summed E-state index contributed by atoms with van der Waals surface area (Å²) in [5.74, 6) is -0.228. The third-order valence-corrected chi connectivity index (χ3v) is 5.38. The SMILES string of the molecule is NC(=O)C1CCN(c2cc(-c3ccccc3)nc3c(Cl)cccc23)CC1.